The Morgan fingerprint density at radius 2 is 1.47 bits per heavy atom. The molecule has 1 aliphatic rings. The number of nitrogens with one attached hydrogen (secondary N) is 4. The second kappa shape index (κ2) is 15.7. The maximum atomic E-state index is 13.7. The number of alkyl carbamates (subject to hydrolysis) is 2. The normalized spacial score (nSPS) is 13.5. The van der Waals surface area contributed by atoms with Crippen molar-refractivity contribution < 1.29 is 33.4 Å². The fourth-order valence-corrected chi connectivity index (χ4v) is 6.16. The SMILES string of the molecule is COC(=O)[C@H](Cc1c[nH]c2ccccc12)NC(=O)[C@H](CCCCNC(=O)OC(C)(C)C)NC(=O)OCC1c2ccccc2-c2ccccc21. The molecule has 0 radical (unpaired) electrons. The van der Waals surface area contributed by atoms with Gasteiger partial charge in [0.2, 0.25) is 5.91 Å². The van der Waals surface area contributed by atoms with Crippen molar-refractivity contribution in [1.29, 1.82) is 0 Å². The summed E-state index contributed by atoms with van der Waals surface area (Å²) < 4.78 is 16.0. The highest BCUT2D eigenvalue weighted by Crippen LogP contribution is 2.44. The Kier molecular flexibility index (Phi) is 11.2. The van der Waals surface area contributed by atoms with Crippen molar-refractivity contribution in [2.75, 3.05) is 20.3 Å². The first kappa shape index (κ1) is 35.0. The Morgan fingerprint density at radius 3 is 2.14 bits per heavy atom. The fourth-order valence-electron chi connectivity index (χ4n) is 6.16. The van der Waals surface area contributed by atoms with E-state index in [0.717, 1.165) is 38.7 Å². The van der Waals surface area contributed by atoms with E-state index in [1.165, 1.54) is 7.11 Å². The number of hydrogen-bond donors (Lipinski definition) is 4. The number of amides is 3. The highest BCUT2D eigenvalue weighted by Gasteiger charge is 2.31. The zero-order valence-corrected chi connectivity index (χ0v) is 28.3. The zero-order valence-electron chi connectivity index (χ0n) is 28.3. The van der Waals surface area contributed by atoms with E-state index < -0.39 is 41.7 Å². The van der Waals surface area contributed by atoms with Crippen LogP contribution in [0.25, 0.3) is 22.0 Å². The number of para-hydroxylation sites is 1. The van der Waals surface area contributed by atoms with Gasteiger partial charge >= 0.3 is 18.2 Å². The highest BCUT2D eigenvalue weighted by molar-refractivity contribution is 5.91. The summed E-state index contributed by atoms with van der Waals surface area (Å²) >= 11 is 0. The Balaban J connectivity index is 1.25. The monoisotopic (exact) mass is 668 g/mol. The number of unbranched alkanes of at least 4 members (excludes halogenated alkanes) is 1. The van der Waals surface area contributed by atoms with Crippen LogP contribution < -0.4 is 16.0 Å². The Morgan fingerprint density at radius 1 is 0.816 bits per heavy atom. The van der Waals surface area contributed by atoms with Crippen LogP contribution in [0.1, 0.15) is 62.6 Å². The van der Waals surface area contributed by atoms with E-state index in [4.69, 9.17) is 14.2 Å². The molecular formula is C38H44N4O7. The average molecular weight is 669 g/mol. The summed E-state index contributed by atoms with van der Waals surface area (Å²) in [6, 6.07) is 21.7. The van der Waals surface area contributed by atoms with Crippen molar-refractivity contribution in [2.45, 2.75) is 70.1 Å². The summed E-state index contributed by atoms with van der Waals surface area (Å²) in [4.78, 5) is 55.1. The minimum Gasteiger partial charge on any atom is -0.467 e. The maximum Gasteiger partial charge on any atom is 0.407 e. The molecule has 0 aliphatic heterocycles. The third-order valence-corrected chi connectivity index (χ3v) is 8.44. The molecule has 11 nitrogen and oxygen atoms in total. The number of rotatable bonds is 13. The van der Waals surface area contributed by atoms with E-state index in [1.54, 1.807) is 27.0 Å². The van der Waals surface area contributed by atoms with E-state index in [9.17, 15) is 19.2 Å². The van der Waals surface area contributed by atoms with Gasteiger partial charge < -0.3 is 35.1 Å². The van der Waals surface area contributed by atoms with E-state index in [1.807, 2.05) is 60.7 Å². The molecule has 0 fully saturated rings. The summed E-state index contributed by atoms with van der Waals surface area (Å²) in [6.45, 7) is 5.75. The van der Waals surface area contributed by atoms with Gasteiger partial charge in [0.25, 0.3) is 0 Å². The molecule has 5 rings (SSSR count). The average Bonchev–Trinajstić information content (AvgIpc) is 3.63. The first-order valence-electron chi connectivity index (χ1n) is 16.6. The number of aromatic amines is 1. The fraction of sp³-hybridized carbons (Fsp3) is 0.368. The van der Waals surface area contributed by atoms with Gasteiger partial charge in [-0.15, -0.1) is 0 Å². The molecule has 0 spiro atoms. The standard InChI is InChI=1S/C38H44N4O7/c1-38(2,3)49-36(45)39-20-12-11-19-32(34(43)41-33(35(44)47-4)21-24-22-40-31-18-10-9-13-25(24)31)42-37(46)48-23-30-28-16-7-5-14-26(28)27-15-6-8-17-29(27)30/h5-10,13-18,22,30,32-33,40H,11-12,19-21,23H2,1-4H3,(H,39,45)(H,41,43)(H,42,46)/t32-,33-/m0/s1. The van der Waals surface area contributed by atoms with E-state index in [-0.39, 0.29) is 25.4 Å². The van der Waals surface area contributed by atoms with Crippen molar-refractivity contribution >= 4 is 35.0 Å². The number of ether oxygens (including phenoxy) is 3. The third kappa shape index (κ3) is 8.98. The zero-order chi connectivity index (χ0) is 35.0. The Bertz CT molecular complexity index is 1750. The number of fused-ring (bicyclic) bond motifs is 4. The van der Waals surface area contributed by atoms with Crippen LogP contribution in [-0.2, 0) is 30.2 Å². The number of methoxy groups -OCH3 is 1. The van der Waals surface area contributed by atoms with Crippen LogP contribution in [0.3, 0.4) is 0 Å². The quantitative estimate of drug-likeness (QED) is 0.0780. The lowest BCUT2D eigenvalue weighted by molar-refractivity contribution is -0.145. The van der Waals surface area contributed by atoms with Gasteiger partial charge in [-0.05, 0) is 73.9 Å². The molecule has 11 heteroatoms. The molecule has 258 valence electrons. The second-order valence-corrected chi connectivity index (χ2v) is 13.1. The molecule has 4 aromatic rings. The summed E-state index contributed by atoms with van der Waals surface area (Å²) in [5.41, 5.74) is 5.47. The van der Waals surface area contributed by atoms with Crippen LogP contribution in [-0.4, -0.2) is 67.0 Å². The predicted molar refractivity (Wildman–Crippen MR) is 186 cm³/mol. The van der Waals surface area contributed by atoms with Crippen LogP contribution in [0.15, 0.2) is 79.0 Å². The molecule has 0 bridgehead atoms. The first-order valence-corrected chi connectivity index (χ1v) is 16.6. The lowest BCUT2D eigenvalue weighted by Gasteiger charge is -2.23. The molecule has 1 aromatic heterocycles. The number of H-pyrrole nitrogens is 1. The lowest BCUT2D eigenvalue weighted by Crippen LogP contribution is -2.52. The molecule has 3 aromatic carbocycles. The summed E-state index contributed by atoms with van der Waals surface area (Å²) in [7, 11) is 1.26. The minimum absolute atomic E-state index is 0.0827. The van der Waals surface area contributed by atoms with Crippen molar-refractivity contribution in [3.8, 4) is 11.1 Å². The molecule has 49 heavy (non-hydrogen) atoms. The summed E-state index contributed by atoms with van der Waals surface area (Å²) in [5.74, 6) is -1.31. The van der Waals surface area contributed by atoms with Crippen LogP contribution in [0, 0.1) is 0 Å². The van der Waals surface area contributed by atoms with Gasteiger partial charge in [0.05, 0.1) is 7.11 Å². The van der Waals surface area contributed by atoms with E-state index in [0.29, 0.717) is 19.4 Å². The highest BCUT2D eigenvalue weighted by atomic mass is 16.6. The molecule has 1 heterocycles. The van der Waals surface area contributed by atoms with Gasteiger partial charge in [0, 0.05) is 36.0 Å². The van der Waals surface area contributed by atoms with Gasteiger partial charge in [-0.3, -0.25) is 4.79 Å². The number of aromatic nitrogens is 1. The molecule has 3 amide bonds. The summed E-state index contributed by atoms with van der Waals surface area (Å²) in [6.07, 6.45) is 1.93. The van der Waals surface area contributed by atoms with Crippen molar-refractivity contribution in [2.24, 2.45) is 0 Å². The van der Waals surface area contributed by atoms with Gasteiger partial charge in [-0.2, -0.15) is 0 Å². The number of esters is 1. The van der Waals surface area contributed by atoms with Gasteiger partial charge in [0.1, 0.15) is 24.3 Å². The number of hydrogen-bond acceptors (Lipinski definition) is 7. The number of carbonyl (C=O) groups excluding carboxylic acids is 4. The molecule has 0 saturated carbocycles. The largest absolute Gasteiger partial charge is 0.467 e. The van der Waals surface area contributed by atoms with Gasteiger partial charge in [-0.1, -0.05) is 66.7 Å². The third-order valence-electron chi connectivity index (χ3n) is 8.44. The Hall–Kier alpha value is -5.32. The van der Waals surface area contributed by atoms with Crippen molar-refractivity contribution in [3.63, 3.8) is 0 Å². The molecule has 2 atom stereocenters. The smallest absolute Gasteiger partial charge is 0.407 e. The van der Waals surface area contributed by atoms with E-state index >= 15 is 0 Å². The molecular weight excluding hydrogens is 624 g/mol. The summed E-state index contributed by atoms with van der Waals surface area (Å²) in [5, 5.41) is 9.16. The Labute approximate surface area is 286 Å². The van der Waals surface area contributed by atoms with Crippen molar-refractivity contribution in [3.05, 3.63) is 95.7 Å². The predicted octanol–water partition coefficient (Wildman–Crippen LogP) is 5.97. The van der Waals surface area contributed by atoms with Crippen LogP contribution in [0.2, 0.25) is 0 Å². The maximum absolute atomic E-state index is 13.7. The lowest BCUT2D eigenvalue weighted by atomic mass is 9.98. The van der Waals surface area contributed by atoms with Crippen LogP contribution in [0.4, 0.5) is 9.59 Å². The number of carbonyl (C=O) groups is 4. The molecule has 4 N–H and O–H groups in total. The van der Waals surface area contributed by atoms with Crippen molar-refractivity contribution in [1.82, 2.24) is 20.9 Å². The molecule has 0 unspecified atom stereocenters. The van der Waals surface area contributed by atoms with E-state index in [2.05, 4.69) is 33.1 Å². The number of benzene rings is 3. The first-order chi connectivity index (χ1) is 23.5. The van der Waals surface area contributed by atoms with Gasteiger partial charge in [0.15, 0.2) is 0 Å². The minimum atomic E-state index is -1.02. The second-order valence-electron chi connectivity index (χ2n) is 13.1. The van der Waals surface area contributed by atoms with Gasteiger partial charge in [-0.25, -0.2) is 14.4 Å². The van der Waals surface area contributed by atoms with Crippen LogP contribution >= 0.6 is 0 Å². The topological polar surface area (TPSA) is 148 Å². The van der Waals surface area contributed by atoms with Crippen LogP contribution in [0.5, 0.6) is 0 Å². The molecule has 0 saturated heterocycles. The molecule has 1 aliphatic carbocycles.